The zero-order chi connectivity index (χ0) is 23.1. The molecule has 9 heteroatoms. The van der Waals surface area contributed by atoms with Crippen LogP contribution in [0.25, 0.3) is 6.08 Å². The van der Waals surface area contributed by atoms with E-state index in [0.29, 0.717) is 21.4 Å². The highest BCUT2D eigenvalue weighted by atomic mass is 127. The van der Waals surface area contributed by atoms with Crippen LogP contribution < -0.4 is 4.74 Å². The van der Waals surface area contributed by atoms with Crippen LogP contribution in [0.2, 0.25) is 0 Å². The number of carbonyl (C=O) groups is 2. The van der Waals surface area contributed by atoms with E-state index in [-0.39, 0.29) is 24.5 Å². The van der Waals surface area contributed by atoms with Gasteiger partial charge in [-0.05, 0) is 65.4 Å². The summed E-state index contributed by atoms with van der Waals surface area (Å²) in [5.74, 6) is -0.738. The number of ether oxygens (including phenoxy) is 3. The molecule has 0 aliphatic carbocycles. The summed E-state index contributed by atoms with van der Waals surface area (Å²) in [5.41, 5.74) is 1.48. The minimum Gasteiger partial charge on any atom is -0.506 e. The lowest BCUT2D eigenvalue weighted by atomic mass is 10.1. The molecule has 0 spiro atoms. The average molecular weight is 565 g/mol. The summed E-state index contributed by atoms with van der Waals surface area (Å²) in [6, 6.07) is 14.5. The van der Waals surface area contributed by atoms with Gasteiger partial charge in [0, 0.05) is 0 Å². The van der Waals surface area contributed by atoms with Crippen molar-refractivity contribution in [1.29, 1.82) is 0 Å². The van der Waals surface area contributed by atoms with E-state index in [0.717, 1.165) is 9.13 Å². The Morgan fingerprint density at radius 2 is 1.94 bits per heavy atom. The van der Waals surface area contributed by atoms with Gasteiger partial charge in [0.15, 0.2) is 6.61 Å². The first kappa shape index (κ1) is 23.9. The molecule has 0 radical (unpaired) electrons. The average Bonchev–Trinajstić information content (AvgIpc) is 3.08. The number of methoxy groups -OCH3 is 1. The number of thioether (sulfide) groups is 1. The monoisotopic (exact) mass is 565 g/mol. The summed E-state index contributed by atoms with van der Waals surface area (Å²) >= 11 is 3.29. The Morgan fingerprint density at radius 3 is 2.59 bits per heavy atom. The molecular formula is C23H20INO6S. The highest BCUT2D eigenvalue weighted by molar-refractivity contribution is 14.1. The van der Waals surface area contributed by atoms with Crippen molar-refractivity contribution in [3.05, 3.63) is 73.9 Å². The van der Waals surface area contributed by atoms with Crippen LogP contribution in [0, 0.1) is 3.57 Å². The molecule has 32 heavy (non-hydrogen) atoms. The quantitative estimate of drug-likeness (QED) is 0.372. The van der Waals surface area contributed by atoms with Crippen LogP contribution in [-0.2, 0) is 19.1 Å². The highest BCUT2D eigenvalue weighted by Gasteiger charge is 2.33. The fraction of sp³-hybridized carbons (Fsp3) is 0.174. The number of benzene rings is 2. The number of halogens is 1. The third-order valence-corrected chi connectivity index (χ3v) is 6.05. The normalized spacial score (nSPS) is 15.8. The largest absolute Gasteiger partial charge is 0.506 e. The van der Waals surface area contributed by atoms with Gasteiger partial charge in [0.25, 0.3) is 0 Å². The van der Waals surface area contributed by atoms with Crippen molar-refractivity contribution in [2.45, 2.75) is 6.92 Å². The number of carbonyl (C=O) groups excluding carboxylic acids is 2. The molecule has 2 aromatic rings. The van der Waals surface area contributed by atoms with E-state index >= 15 is 0 Å². The molecule has 0 atom stereocenters. The molecular weight excluding hydrogens is 545 g/mol. The second kappa shape index (κ2) is 11.2. The first-order chi connectivity index (χ1) is 15.4. The van der Waals surface area contributed by atoms with Crippen molar-refractivity contribution >= 4 is 63.1 Å². The van der Waals surface area contributed by atoms with Gasteiger partial charge in [-0.25, -0.2) is 14.6 Å². The molecule has 1 aliphatic heterocycles. The van der Waals surface area contributed by atoms with Crippen LogP contribution in [0.5, 0.6) is 5.75 Å². The van der Waals surface area contributed by atoms with E-state index < -0.39 is 11.9 Å². The number of aliphatic imine (C=N–C) groups is 1. The molecule has 0 bridgehead atoms. The van der Waals surface area contributed by atoms with Crippen molar-refractivity contribution in [3.8, 4) is 5.75 Å². The van der Waals surface area contributed by atoms with Gasteiger partial charge in [-0.1, -0.05) is 36.0 Å². The van der Waals surface area contributed by atoms with Gasteiger partial charge in [-0.3, -0.25) is 0 Å². The van der Waals surface area contributed by atoms with E-state index in [2.05, 4.69) is 32.3 Å². The molecule has 0 amide bonds. The number of esters is 2. The fourth-order valence-electron chi connectivity index (χ4n) is 2.68. The standard InChI is InChI=1S/C23H20INO6S/c1-3-30-23(28)20-21(27)18(32-22(20)25-15-7-5-4-6-8-15)12-14-9-10-17(16(24)11-14)31-13-19(26)29-2/h4-12,27H,3,13H2,1-2H3/b18-12-,25-22?. The smallest absolute Gasteiger partial charge is 0.344 e. The molecule has 3 rings (SSSR count). The van der Waals surface area contributed by atoms with Crippen LogP contribution in [0.4, 0.5) is 5.69 Å². The Bertz CT molecular complexity index is 1110. The first-order valence-electron chi connectivity index (χ1n) is 9.56. The number of aliphatic hydroxyl groups is 1. The molecule has 0 unspecified atom stereocenters. The van der Waals surface area contributed by atoms with Crippen molar-refractivity contribution in [3.63, 3.8) is 0 Å². The molecule has 1 aliphatic rings. The third-order valence-electron chi connectivity index (χ3n) is 4.18. The third kappa shape index (κ3) is 5.92. The molecule has 1 heterocycles. The van der Waals surface area contributed by atoms with Crippen LogP contribution in [-0.4, -0.2) is 42.4 Å². The number of para-hydroxylation sites is 1. The molecule has 0 fully saturated rings. The van der Waals surface area contributed by atoms with Gasteiger partial charge >= 0.3 is 11.9 Å². The molecule has 2 aromatic carbocycles. The Kier molecular flexibility index (Phi) is 8.34. The fourth-order valence-corrected chi connectivity index (χ4v) is 4.41. The summed E-state index contributed by atoms with van der Waals surface area (Å²) < 4.78 is 15.9. The zero-order valence-electron chi connectivity index (χ0n) is 17.3. The summed E-state index contributed by atoms with van der Waals surface area (Å²) in [5, 5.41) is 11.1. The molecule has 0 saturated heterocycles. The number of rotatable bonds is 7. The van der Waals surface area contributed by atoms with Gasteiger partial charge in [-0.15, -0.1) is 0 Å². The Labute approximate surface area is 203 Å². The predicted molar refractivity (Wildman–Crippen MR) is 132 cm³/mol. The van der Waals surface area contributed by atoms with Crippen molar-refractivity contribution < 1.29 is 28.9 Å². The minimum atomic E-state index is -0.628. The maximum absolute atomic E-state index is 12.5. The van der Waals surface area contributed by atoms with Crippen LogP contribution >= 0.6 is 34.4 Å². The lowest BCUT2D eigenvalue weighted by molar-refractivity contribution is -0.143. The van der Waals surface area contributed by atoms with Gasteiger partial charge in [-0.2, -0.15) is 0 Å². The van der Waals surface area contributed by atoms with Crippen molar-refractivity contribution in [1.82, 2.24) is 0 Å². The number of hydrogen-bond donors (Lipinski definition) is 1. The molecule has 0 aromatic heterocycles. The van der Waals surface area contributed by atoms with Gasteiger partial charge in [0.2, 0.25) is 0 Å². The van der Waals surface area contributed by atoms with Crippen LogP contribution in [0.15, 0.2) is 69.8 Å². The Hall–Kier alpha value is -2.79. The highest BCUT2D eigenvalue weighted by Crippen LogP contribution is 2.40. The second-order valence-corrected chi connectivity index (χ2v) is 8.55. The van der Waals surface area contributed by atoms with Crippen LogP contribution in [0.1, 0.15) is 12.5 Å². The summed E-state index contributed by atoms with van der Waals surface area (Å²) in [4.78, 5) is 28.8. The zero-order valence-corrected chi connectivity index (χ0v) is 20.3. The lowest BCUT2D eigenvalue weighted by Gasteiger charge is -2.08. The first-order valence-corrected chi connectivity index (χ1v) is 11.5. The van der Waals surface area contributed by atoms with Gasteiger partial charge in [0.05, 0.1) is 27.9 Å². The number of nitrogens with zero attached hydrogens (tertiary/aromatic N) is 1. The lowest BCUT2D eigenvalue weighted by Crippen LogP contribution is -2.13. The molecule has 0 saturated carbocycles. The van der Waals surface area contributed by atoms with E-state index in [1.54, 1.807) is 25.1 Å². The van der Waals surface area contributed by atoms with Crippen molar-refractivity contribution in [2.75, 3.05) is 20.3 Å². The number of hydrogen-bond acceptors (Lipinski definition) is 8. The maximum atomic E-state index is 12.5. The van der Waals surface area contributed by atoms with Crippen LogP contribution in [0.3, 0.4) is 0 Å². The minimum absolute atomic E-state index is 0.0414. The second-order valence-electron chi connectivity index (χ2n) is 6.36. The number of aliphatic hydroxyl groups excluding tert-OH is 1. The summed E-state index contributed by atoms with van der Waals surface area (Å²) in [7, 11) is 1.30. The van der Waals surface area contributed by atoms with E-state index in [1.807, 2.05) is 36.4 Å². The van der Waals surface area contributed by atoms with Gasteiger partial charge in [0.1, 0.15) is 22.1 Å². The van der Waals surface area contributed by atoms with E-state index in [1.165, 1.54) is 18.9 Å². The van der Waals surface area contributed by atoms with E-state index in [9.17, 15) is 14.7 Å². The summed E-state index contributed by atoms with van der Waals surface area (Å²) in [6.45, 7) is 1.70. The molecule has 7 nitrogen and oxygen atoms in total. The Morgan fingerprint density at radius 1 is 1.19 bits per heavy atom. The summed E-state index contributed by atoms with van der Waals surface area (Å²) in [6.07, 6.45) is 1.75. The van der Waals surface area contributed by atoms with E-state index in [4.69, 9.17) is 9.47 Å². The van der Waals surface area contributed by atoms with Crippen molar-refractivity contribution in [2.24, 2.45) is 4.99 Å². The van der Waals surface area contributed by atoms with Gasteiger partial charge < -0.3 is 19.3 Å². The SMILES string of the molecule is CCOC(=O)C1=C(O)/C(=C/c2ccc(OCC(=O)OC)c(I)c2)SC1=Nc1ccccc1. The maximum Gasteiger partial charge on any atom is 0.344 e. The predicted octanol–water partition coefficient (Wildman–Crippen LogP) is 5.04. The molecule has 1 N–H and O–H groups in total. The topological polar surface area (TPSA) is 94.4 Å². The Balaban J connectivity index is 1.91. The molecule has 166 valence electrons.